The Morgan fingerprint density at radius 3 is 2.51 bits per heavy atom. The maximum Gasteiger partial charge on any atom is 0.311 e. The molecule has 230 valence electrons. The van der Waals surface area contributed by atoms with E-state index in [4.69, 9.17) is 37.7 Å². The van der Waals surface area contributed by atoms with Gasteiger partial charge in [-0.2, -0.15) is 9.78 Å². The summed E-state index contributed by atoms with van der Waals surface area (Å²) in [4.78, 5) is 30.1. The maximum absolute atomic E-state index is 13.8. The molecule has 0 saturated carbocycles. The molecule has 0 aliphatic rings. The third-order valence-electron chi connectivity index (χ3n) is 7.17. The van der Waals surface area contributed by atoms with Crippen molar-refractivity contribution in [2.75, 3.05) is 6.61 Å². The average molecular weight is 646 g/mol. The monoisotopic (exact) mass is 644 g/mol. The fourth-order valence-corrected chi connectivity index (χ4v) is 5.34. The molecule has 0 spiro atoms. The minimum absolute atomic E-state index is 0.00555. The zero-order valence-electron chi connectivity index (χ0n) is 25.1. The van der Waals surface area contributed by atoms with E-state index in [9.17, 15) is 14.9 Å². The van der Waals surface area contributed by atoms with Crippen LogP contribution in [-0.2, 0) is 6.61 Å². The lowest BCUT2D eigenvalue weighted by molar-refractivity contribution is -0.385. The number of nitro groups is 1. The minimum atomic E-state index is -0.540. The predicted molar refractivity (Wildman–Crippen MR) is 178 cm³/mol. The van der Waals surface area contributed by atoms with E-state index in [1.165, 1.54) is 23.0 Å². The van der Waals surface area contributed by atoms with E-state index in [2.05, 4.69) is 18.9 Å². The van der Waals surface area contributed by atoms with Crippen LogP contribution in [0.1, 0.15) is 48.9 Å². The number of nitro benzene ring substituents is 1. The normalized spacial score (nSPS) is 11.4. The van der Waals surface area contributed by atoms with Crippen molar-refractivity contribution < 1.29 is 14.4 Å². The average Bonchev–Trinajstić information content (AvgIpc) is 3.00. The third-order valence-corrected chi connectivity index (χ3v) is 7.76. The lowest BCUT2D eigenvalue weighted by Crippen LogP contribution is -2.21. The van der Waals surface area contributed by atoms with Crippen molar-refractivity contribution >= 4 is 46.0 Å². The second-order valence-corrected chi connectivity index (χ2v) is 11.5. The van der Waals surface area contributed by atoms with Gasteiger partial charge in [0.1, 0.15) is 12.4 Å². The van der Waals surface area contributed by atoms with Gasteiger partial charge in [-0.3, -0.25) is 14.9 Å². The summed E-state index contributed by atoms with van der Waals surface area (Å²) in [6.45, 7) is 8.53. The molecule has 0 amide bonds. The molecule has 45 heavy (non-hydrogen) atoms. The van der Waals surface area contributed by atoms with Crippen LogP contribution in [0.15, 0.2) is 82.7 Å². The standard InChI is InChI=1S/C34H30Cl2N4O5/c1-5-44-32-14-21(4)27(17-26(32)20(2)3)33-38-29-9-7-6-8-25(29)34(41)39(33)37-18-22-10-13-31(30(15-22)40(42)43)45-19-23-11-12-24(35)16-28(23)36/h6-18,20H,5,19H2,1-4H3. The van der Waals surface area contributed by atoms with Gasteiger partial charge >= 0.3 is 5.69 Å². The fraction of sp³-hybridized carbons (Fsp3) is 0.206. The van der Waals surface area contributed by atoms with Crippen molar-refractivity contribution in [1.82, 2.24) is 9.66 Å². The third kappa shape index (κ3) is 6.84. The van der Waals surface area contributed by atoms with Gasteiger partial charge in [0.05, 0.1) is 28.6 Å². The van der Waals surface area contributed by atoms with Crippen LogP contribution in [0, 0.1) is 17.0 Å². The molecular weight excluding hydrogens is 615 g/mol. The summed E-state index contributed by atoms with van der Waals surface area (Å²) < 4.78 is 12.9. The summed E-state index contributed by atoms with van der Waals surface area (Å²) in [6, 6.07) is 20.3. The Hall–Kier alpha value is -4.73. The Morgan fingerprint density at radius 2 is 1.80 bits per heavy atom. The van der Waals surface area contributed by atoms with Crippen LogP contribution in [0.3, 0.4) is 0 Å². The zero-order valence-corrected chi connectivity index (χ0v) is 26.6. The van der Waals surface area contributed by atoms with Gasteiger partial charge in [0.2, 0.25) is 0 Å². The summed E-state index contributed by atoms with van der Waals surface area (Å²) in [7, 11) is 0. The number of rotatable bonds is 10. The SMILES string of the molecule is CCOc1cc(C)c(-c2nc3ccccc3c(=O)n2N=Cc2ccc(OCc3ccc(Cl)cc3Cl)c([N+](=O)[O-])c2)cc1C(C)C. The van der Waals surface area contributed by atoms with E-state index in [0.717, 1.165) is 22.4 Å². The molecule has 0 bridgehead atoms. The molecule has 0 fully saturated rings. The number of hydrogen-bond acceptors (Lipinski definition) is 7. The highest BCUT2D eigenvalue weighted by atomic mass is 35.5. The van der Waals surface area contributed by atoms with E-state index in [1.54, 1.807) is 42.5 Å². The first kappa shape index (κ1) is 31.7. The van der Waals surface area contributed by atoms with E-state index in [1.807, 2.05) is 32.0 Å². The molecule has 1 heterocycles. The van der Waals surface area contributed by atoms with Gasteiger partial charge in [0, 0.05) is 32.8 Å². The Kier molecular flexibility index (Phi) is 9.51. The van der Waals surface area contributed by atoms with Crippen LogP contribution in [0.4, 0.5) is 5.69 Å². The van der Waals surface area contributed by atoms with Gasteiger partial charge in [-0.15, -0.1) is 0 Å². The van der Waals surface area contributed by atoms with Crippen LogP contribution >= 0.6 is 23.2 Å². The van der Waals surface area contributed by atoms with E-state index in [0.29, 0.717) is 44.5 Å². The van der Waals surface area contributed by atoms with Crippen molar-refractivity contribution in [1.29, 1.82) is 0 Å². The topological polar surface area (TPSA) is 109 Å². The van der Waals surface area contributed by atoms with Crippen LogP contribution in [0.25, 0.3) is 22.3 Å². The fourth-order valence-electron chi connectivity index (χ4n) is 4.87. The number of aryl methyl sites for hydroxylation is 1. The smallest absolute Gasteiger partial charge is 0.311 e. The van der Waals surface area contributed by atoms with Gasteiger partial charge in [-0.05, 0) is 79.4 Å². The Morgan fingerprint density at radius 1 is 1.02 bits per heavy atom. The van der Waals surface area contributed by atoms with Crippen LogP contribution in [-0.4, -0.2) is 27.4 Å². The van der Waals surface area contributed by atoms with Gasteiger partial charge < -0.3 is 9.47 Å². The molecule has 0 N–H and O–H groups in total. The molecular formula is C34H30Cl2N4O5. The molecule has 4 aromatic carbocycles. The Balaban J connectivity index is 1.57. The van der Waals surface area contributed by atoms with Crippen molar-refractivity contribution in [2.45, 2.75) is 40.2 Å². The summed E-state index contributed by atoms with van der Waals surface area (Å²) >= 11 is 12.2. The van der Waals surface area contributed by atoms with Crippen molar-refractivity contribution in [2.24, 2.45) is 5.10 Å². The quantitative estimate of drug-likeness (QED) is 0.0855. The molecule has 5 rings (SSSR count). The first-order valence-corrected chi connectivity index (χ1v) is 15.0. The number of nitrogens with zero attached hydrogens (tertiary/aromatic N) is 4. The minimum Gasteiger partial charge on any atom is -0.494 e. The first-order valence-electron chi connectivity index (χ1n) is 14.3. The highest BCUT2D eigenvalue weighted by Gasteiger charge is 2.20. The van der Waals surface area contributed by atoms with E-state index < -0.39 is 4.92 Å². The highest BCUT2D eigenvalue weighted by molar-refractivity contribution is 6.35. The van der Waals surface area contributed by atoms with E-state index >= 15 is 0 Å². The van der Waals surface area contributed by atoms with Gasteiger partial charge in [0.25, 0.3) is 5.56 Å². The first-order chi connectivity index (χ1) is 21.6. The second-order valence-electron chi connectivity index (χ2n) is 10.6. The van der Waals surface area contributed by atoms with Gasteiger partial charge in [0.15, 0.2) is 11.6 Å². The van der Waals surface area contributed by atoms with Crippen molar-refractivity contribution in [3.05, 3.63) is 126 Å². The number of ether oxygens (including phenoxy) is 2. The molecule has 5 aromatic rings. The lowest BCUT2D eigenvalue weighted by Gasteiger charge is -2.18. The zero-order chi connectivity index (χ0) is 32.2. The summed E-state index contributed by atoms with van der Waals surface area (Å²) in [5, 5.41) is 17.7. The molecule has 0 radical (unpaired) electrons. The number of fused-ring (bicyclic) bond motifs is 1. The number of para-hydroxylation sites is 1. The number of benzene rings is 4. The predicted octanol–water partition coefficient (Wildman–Crippen LogP) is 8.57. The summed E-state index contributed by atoms with van der Waals surface area (Å²) in [6.07, 6.45) is 1.39. The molecule has 0 aliphatic carbocycles. The number of hydrogen-bond donors (Lipinski definition) is 0. The van der Waals surface area contributed by atoms with Crippen LogP contribution < -0.4 is 15.0 Å². The molecule has 11 heteroatoms. The van der Waals surface area contributed by atoms with Crippen molar-refractivity contribution in [3.8, 4) is 22.9 Å². The molecule has 1 aromatic heterocycles. The number of aromatic nitrogens is 2. The molecule has 9 nitrogen and oxygen atoms in total. The molecule has 0 atom stereocenters. The molecule has 0 saturated heterocycles. The van der Waals surface area contributed by atoms with Crippen molar-refractivity contribution in [3.63, 3.8) is 0 Å². The second kappa shape index (κ2) is 13.5. The van der Waals surface area contributed by atoms with Gasteiger partial charge in [-0.1, -0.05) is 55.2 Å². The molecule has 0 unspecified atom stereocenters. The van der Waals surface area contributed by atoms with Gasteiger partial charge in [-0.25, -0.2) is 4.98 Å². The summed E-state index contributed by atoms with van der Waals surface area (Å²) in [5.41, 5.74) is 3.45. The van der Waals surface area contributed by atoms with Crippen LogP contribution in [0.5, 0.6) is 11.5 Å². The summed E-state index contributed by atoms with van der Waals surface area (Å²) in [5.74, 6) is 1.32. The highest BCUT2D eigenvalue weighted by Crippen LogP contribution is 2.35. The lowest BCUT2D eigenvalue weighted by atomic mass is 9.96. The molecule has 0 aliphatic heterocycles. The van der Waals surface area contributed by atoms with E-state index in [-0.39, 0.29) is 29.5 Å². The Bertz CT molecular complexity index is 2010. The number of halogens is 2. The Labute approximate surface area is 269 Å². The maximum atomic E-state index is 13.8. The van der Waals surface area contributed by atoms with Crippen LogP contribution in [0.2, 0.25) is 10.0 Å². The largest absolute Gasteiger partial charge is 0.494 e.